The number of aromatic nitrogens is 2. The molecule has 1 saturated heterocycles. The zero-order valence-corrected chi connectivity index (χ0v) is 12.0. The van der Waals surface area contributed by atoms with Crippen LogP contribution in [0, 0.1) is 0 Å². The number of hydrogen-bond acceptors (Lipinski definition) is 5. The lowest BCUT2D eigenvalue weighted by atomic mass is 10.2. The first-order chi connectivity index (χ1) is 9.81. The van der Waals surface area contributed by atoms with Crippen molar-refractivity contribution in [3.05, 3.63) is 18.1 Å². The molecule has 2 rings (SSSR count). The maximum Gasteiger partial charge on any atom is 0.272 e. The standard InChI is InChI=1S/C14H22N4O2/c1-20-9-6-15-13-10-12(16-11-17-13)14(19)18-7-4-2-3-5-8-18/h10-11H,2-9H2,1H3,(H,15,16,17). The van der Waals surface area contributed by atoms with Crippen molar-refractivity contribution in [1.29, 1.82) is 0 Å². The van der Waals surface area contributed by atoms with Gasteiger partial charge in [0.25, 0.3) is 5.91 Å². The van der Waals surface area contributed by atoms with Gasteiger partial charge in [0.15, 0.2) is 0 Å². The second kappa shape index (κ2) is 7.79. The highest BCUT2D eigenvalue weighted by Gasteiger charge is 2.18. The van der Waals surface area contributed by atoms with E-state index in [1.807, 2.05) is 4.90 Å². The molecular formula is C14H22N4O2. The summed E-state index contributed by atoms with van der Waals surface area (Å²) in [5, 5.41) is 3.11. The molecule has 0 atom stereocenters. The Bertz CT molecular complexity index is 431. The number of anilines is 1. The maximum atomic E-state index is 12.4. The topological polar surface area (TPSA) is 67.3 Å². The molecule has 1 aliphatic rings. The van der Waals surface area contributed by atoms with E-state index in [0.29, 0.717) is 24.7 Å². The lowest BCUT2D eigenvalue weighted by Gasteiger charge is -2.19. The summed E-state index contributed by atoms with van der Waals surface area (Å²) in [4.78, 5) is 22.5. The van der Waals surface area contributed by atoms with E-state index >= 15 is 0 Å². The average molecular weight is 278 g/mol. The van der Waals surface area contributed by atoms with E-state index in [2.05, 4.69) is 15.3 Å². The molecule has 6 heteroatoms. The molecule has 0 saturated carbocycles. The number of nitrogens with zero attached hydrogens (tertiary/aromatic N) is 3. The minimum Gasteiger partial charge on any atom is -0.383 e. The highest BCUT2D eigenvalue weighted by molar-refractivity contribution is 5.92. The molecule has 1 aromatic heterocycles. The van der Waals surface area contributed by atoms with Crippen molar-refractivity contribution in [3.8, 4) is 0 Å². The Balaban J connectivity index is 1.99. The number of likely N-dealkylation sites (tertiary alicyclic amines) is 1. The lowest BCUT2D eigenvalue weighted by Crippen LogP contribution is -2.32. The van der Waals surface area contributed by atoms with E-state index in [-0.39, 0.29) is 5.91 Å². The van der Waals surface area contributed by atoms with Crippen LogP contribution in [0.25, 0.3) is 0 Å². The van der Waals surface area contributed by atoms with Crippen LogP contribution in [0.4, 0.5) is 5.82 Å². The molecular weight excluding hydrogens is 256 g/mol. The molecule has 1 N–H and O–H groups in total. The number of rotatable bonds is 5. The van der Waals surface area contributed by atoms with Crippen LogP contribution in [0.2, 0.25) is 0 Å². The van der Waals surface area contributed by atoms with Crippen molar-refractivity contribution in [1.82, 2.24) is 14.9 Å². The molecule has 0 aliphatic carbocycles. The third kappa shape index (κ3) is 4.16. The van der Waals surface area contributed by atoms with Gasteiger partial charge < -0.3 is 15.0 Å². The fraction of sp³-hybridized carbons (Fsp3) is 0.643. The Kier molecular flexibility index (Phi) is 5.73. The van der Waals surface area contributed by atoms with Crippen molar-refractivity contribution in [2.24, 2.45) is 0 Å². The maximum absolute atomic E-state index is 12.4. The highest BCUT2D eigenvalue weighted by atomic mass is 16.5. The second-order valence-electron chi connectivity index (χ2n) is 4.91. The minimum absolute atomic E-state index is 0.00379. The number of methoxy groups -OCH3 is 1. The first-order valence-electron chi connectivity index (χ1n) is 7.15. The Morgan fingerprint density at radius 1 is 1.30 bits per heavy atom. The van der Waals surface area contributed by atoms with Crippen LogP contribution in [0.5, 0.6) is 0 Å². The van der Waals surface area contributed by atoms with Gasteiger partial charge >= 0.3 is 0 Å². The summed E-state index contributed by atoms with van der Waals surface area (Å²) in [6, 6.07) is 1.71. The van der Waals surface area contributed by atoms with Gasteiger partial charge in [0.1, 0.15) is 17.8 Å². The van der Waals surface area contributed by atoms with Crippen LogP contribution in [-0.2, 0) is 4.74 Å². The number of carbonyl (C=O) groups is 1. The van der Waals surface area contributed by atoms with Crippen LogP contribution in [-0.4, -0.2) is 54.1 Å². The van der Waals surface area contributed by atoms with E-state index in [0.717, 1.165) is 25.9 Å². The zero-order chi connectivity index (χ0) is 14.2. The Hall–Kier alpha value is -1.69. The number of nitrogens with one attached hydrogen (secondary N) is 1. The third-order valence-corrected chi connectivity index (χ3v) is 3.39. The molecule has 0 unspecified atom stereocenters. The van der Waals surface area contributed by atoms with Crippen LogP contribution < -0.4 is 5.32 Å². The molecule has 1 aromatic rings. The van der Waals surface area contributed by atoms with Gasteiger partial charge in [0, 0.05) is 32.8 Å². The van der Waals surface area contributed by atoms with E-state index in [1.165, 1.54) is 19.2 Å². The summed E-state index contributed by atoms with van der Waals surface area (Å²) >= 11 is 0. The Labute approximate surface area is 119 Å². The molecule has 1 fully saturated rings. The molecule has 0 bridgehead atoms. The summed E-state index contributed by atoms with van der Waals surface area (Å²) in [5.74, 6) is 0.666. The van der Waals surface area contributed by atoms with Gasteiger partial charge in [-0.3, -0.25) is 4.79 Å². The van der Waals surface area contributed by atoms with Gasteiger partial charge in [-0.25, -0.2) is 9.97 Å². The van der Waals surface area contributed by atoms with Crippen LogP contribution in [0.3, 0.4) is 0 Å². The fourth-order valence-corrected chi connectivity index (χ4v) is 2.29. The first kappa shape index (κ1) is 14.7. The number of carbonyl (C=O) groups excluding carboxylic acids is 1. The van der Waals surface area contributed by atoms with Gasteiger partial charge in [-0.15, -0.1) is 0 Å². The third-order valence-electron chi connectivity index (χ3n) is 3.39. The minimum atomic E-state index is 0.00379. The summed E-state index contributed by atoms with van der Waals surface area (Å²) in [7, 11) is 1.65. The van der Waals surface area contributed by atoms with Crippen molar-refractivity contribution in [2.45, 2.75) is 25.7 Å². The summed E-state index contributed by atoms with van der Waals surface area (Å²) < 4.78 is 4.97. The first-order valence-corrected chi connectivity index (χ1v) is 7.15. The second-order valence-corrected chi connectivity index (χ2v) is 4.91. The Morgan fingerprint density at radius 3 is 2.75 bits per heavy atom. The number of amides is 1. The molecule has 6 nitrogen and oxygen atoms in total. The molecule has 110 valence electrons. The summed E-state index contributed by atoms with van der Waals surface area (Å²) in [6.45, 7) is 2.91. The van der Waals surface area contributed by atoms with Crippen molar-refractivity contribution >= 4 is 11.7 Å². The monoisotopic (exact) mass is 278 g/mol. The SMILES string of the molecule is COCCNc1cc(C(=O)N2CCCCCC2)ncn1. The molecule has 0 radical (unpaired) electrons. The normalized spacial score (nSPS) is 15.8. The molecule has 0 spiro atoms. The largest absolute Gasteiger partial charge is 0.383 e. The van der Waals surface area contributed by atoms with Gasteiger partial charge in [0.2, 0.25) is 0 Å². The van der Waals surface area contributed by atoms with Crippen LogP contribution in [0.1, 0.15) is 36.2 Å². The summed E-state index contributed by atoms with van der Waals surface area (Å²) in [6.07, 6.45) is 6.00. The molecule has 20 heavy (non-hydrogen) atoms. The molecule has 1 amide bonds. The predicted octanol–water partition coefficient (Wildman–Crippen LogP) is 1.55. The van der Waals surface area contributed by atoms with Crippen molar-refractivity contribution in [2.75, 3.05) is 38.7 Å². The lowest BCUT2D eigenvalue weighted by molar-refractivity contribution is 0.0755. The number of ether oxygens (including phenoxy) is 1. The van der Waals surface area contributed by atoms with Crippen molar-refractivity contribution in [3.63, 3.8) is 0 Å². The van der Waals surface area contributed by atoms with Crippen molar-refractivity contribution < 1.29 is 9.53 Å². The van der Waals surface area contributed by atoms with E-state index < -0.39 is 0 Å². The predicted molar refractivity (Wildman–Crippen MR) is 76.8 cm³/mol. The zero-order valence-electron chi connectivity index (χ0n) is 12.0. The highest BCUT2D eigenvalue weighted by Crippen LogP contribution is 2.13. The van der Waals surface area contributed by atoms with Gasteiger partial charge in [-0.05, 0) is 12.8 Å². The molecule has 2 heterocycles. The quantitative estimate of drug-likeness (QED) is 0.828. The fourth-order valence-electron chi connectivity index (χ4n) is 2.29. The Morgan fingerprint density at radius 2 is 2.05 bits per heavy atom. The smallest absolute Gasteiger partial charge is 0.272 e. The van der Waals surface area contributed by atoms with Gasteiger partial charge in [0.05, 0.1) is 6.61 Å². The van der Waals surface area contributed by atoms with Crippen LogP contribution in [0.15, 0.2) is 12.4 Å². The van der Waals surface area contributed by atoms with E-state index in [4.69, 9.17) is 4.74 Å². The molecule has 0 aromatic carbocycles. The van der Waals surface area contributed by atoms with Gasteiger partial charge in [-0.1, -0.05) is 12.8 Å². The van der Waals surface area contributed by atoms with Gasteiger partial charge in [-0.2, -0.15) is 0 Å². The molecule has 1 aliphatic heterocycles. The average Bonchev–Trinajstić information content (AvgIpc) is 2.76. The number of hydrogen-bond donors (Lipinski definition) is 1. The van der Waals surface area contributed by atoms with E-state index in [9.17, 15) is 4.79 Å². The van der Waals surface area contributed by atoms with Crippen LogP contribution >= 0.6 is 0 Å². The summed E-state index contributed by atoms with van der Waals surface area (Å²) in [5.41, 5.74) is 0.460. The van der Waals surface area contributed by atoms with E-state index in [1.54, 1.807) is 13.2 Å².